The number of halogens is 1. The number of aromatic nitrogens is 3. The van der Waals surface area contributed by atoms with Gasteiger partial charge in [0.15, 0.2) is 5.60 Å². The van der Waals surface area contributed by atoms with Crippen LogP contribution in [0.5, 0.6) is 5.75 Å². The van der Waals surface area contributed by atoms with Gasteiger partial charge < -0.3 is 34.0 Å². The number of carbonyl (C=O) groups is 2. The number of benzene rings is 2. The number of hydrogen-bond acceptors (Lipinski definition) is 9. The SMILES string of the molecule is C=CCN1C(=O)[C@@]2(O[C@@H](CCn3cc(CCO)nn3)[C@H]([Si](C)(C)F)[C@H]2C)c2cc(N3C(=O)C(NCCCCO)Cc4cc(OCC)ccc43)ccc21. The first-order valence-corrected chi connectivity index (χ1v) is 21.3. The summed E-state index contributed by atoms with van der Waals surface area (Å²) in [5.41, 5.74) is 2.18. The minimum Gasteiger partial charge on any atom is -0.494 e. The molecule has 1 aromatic heterocycles. The number of fused-ring (bicyclic) bond motifs is 3. The highest BCUT2D eigenvalue weighted by atomic mass is 28.4. The Morgan fingerprint density at radius 2 is 1.94 bits per heavy atom. The lowest BCUT2D eigenvalue weighted by atomic mass is 9.82. The number of carbonyl (C=O) groups excluding carboxylic acids is 2. The summed E-state index contributed by atoms with van der Waals surface area (Å²) in [5.74, 6) is -0.199. The number of aliphatic hydroxyl groups excluding tert-OH is 2. The Morgan fingerprint density at radius 3 is 2.65 bits per heavy atom. The van der Waals surface area contributed by atoms with Gasteiger partial charge in [0, 0.05) is 61.6 Å². The van der Waals surface area contributed by atoms with Crippen molar-refractivity contribution in [1.29, 1.82) is 0 Å². The van der Waals surface area contributed by atoms with E-state index in [0.717, 1.165) is 17.7 Å². The van der Waals surface area contributed by atoms with Crippen molar-refractivity contribution in [1.82, 2.24) is 20.3 Å². The monoisotopic (exact) mass is 734 g/mol. The summed E-state index contributed by atoms with van der Waals surface area (Å²) in [5, 5.41) is 30.3. The molecule has 12 nitrogen and oxygen atoms in total. The zero-order valence-electron chi connectivity index (χ0n) is 30.6. The Kier molecular flexibility index (Phi) is 11.3. The largest absolute Gasteiger partial charge is 0.494 e. The number of ether oxygens (including phenoxy) is 2. The average Bonchev–Trinajstić information content (AvgIpc) is 3.76. The smallest absolute Gasteiger partial charge is 0.264 e. The number of rotatable bonds is 16. The summed E-state index contributed by atoms with van der Waals surface area (Å²) in [6, 6.07) is 10.8. The third-order valence-electron chi connectivity index (χ3n) is 10.6. The van der Waals surface area contributed by atoms with Crippen molar-refractivity contribution in [3.63, 3.8) is 0 Å². The van der Waals surface area contributed by atoms with Crippen molar-refractivity contribution in [3.05, 3.63) is 72.1 Å². The molecule has 3 aromatic rings. The molecule has 1 unspecified atom stereocenters. The van der Waals surface area contributed by atoms with Gasteiger partial charge in [-0.3, -0.25) is 19.2 Å². The molecule has 1 fully saturated rings. The van der Waals surface area contributed by atoms with Crippen molar-refractivity contribution in [2.75, 3.05) is 42.7 Å². The van der Waals surface area contributed by atoms with E-state index in [-0.39, 0.29) is 31.6 Å². The summed E-state index contributed by atoms with van der Waals surface area (Å²) in [6.45, 7) is 12.9. The van der Waals surface area contributed by atoms with Crippen molar-refractivity contribution in [3.8, 4) is 5.75 Å². The Bertz CT molecular complexity index is 1780. The molecule has 1 spiro atoms. The molecule has 3 aliphatic heterocycles. The molecule has 14 heteroatoms. The van der Waals surface area contributed by atoms with Crippen LogP contribution >= 0.6 is 0 Å². The Labute approximate surface area is 305 Å². The van der Waals surface area contributed by atoms with Crippen molar-refractivity contribution in [2.45, 2.75) is 88.9 Å². The summed E-state index contributed by atoms with van der Waals surface area (Å²) in [6.07, 6.45) is 5.47. The van der Waals surface area contributed by atoms with Gasteiger partial charge >= 0.3 is 0 Å². The second kappa shape index (κ2) is 15.6. The highest BCUT2D eigenvalue weighted by molar-refractivity contribution is 6.72. The maximum atomic E-state index is 16.4. The first kappa shape index (κ1) is 37.8. The minimum absolute atomic E-state index is 0.0381. The topological polar surface area (TPSA) is 142 Å². The van der Waals surface area contributed by atoms with E-state index in [9.17, 15) is 19.8 Å². The molecule has 0 saturated carbocycles. The Balaban J connectivity index is 1.41. The van der Waals surface area contributed by atoms with Crippen LogP contribution < -0.4 is 19.9 Å². The molecule has 52 heavy (non-hydrogen) atoms. The molecule has 2 amide bonds. The van der Waals surface area contributed by atoms with Crippen LogP contribution in [0.1, 0.15) is 49.9 Å². The van der Waals surface area contributed by atoms with Crippen LogP contribution in [0.15, 0.2) is 55.3 Å². The standard InChI is InChI=1S/C38H51FN6O6Si/c1-6-17-44-33-12-10-28(45-32-13-11-29(50-7-2)21-26(32)22-31(36(45)48)40-16-8-9-19-46)23-30(33)38(37(44)49)25(3)35(52(4,5)39)34(51-38)14-18-43-24-27(15-20-47)41-42-43/h6,10-13,21,23-25,31,34-35,40,46-47H,1,7-9,14-20,22H2,2-5H3/t25-,31?,34+,35-,38+/m1/s1. The number of anilines is 3. The number of aryl methyl sites for hydroxylation is 1. The Morgan fingerprint density at radius 1 is 1.15 bits per heavy atom. The normalized spacial score (nSPS) is 24.1. The van der Waals surface area contributed by atoms with E-state index >= 15 is 4.11 Å². The van der Waals surface area contributed by atoms with Crippen LogP contribution in [0.2, 0.25) is 18.6 Å². The van der Waals surface area contributed by atoms with E-state index in [1.165, 1.54) is 0 Å². The van der Waals surface area contributed by atoms with Gasteiger partial charge in [0.1, 0.15) is 5.75 Å². The highest BCUT2D eigenvalue weighted by Crippen LogP contribution is 2.60. The zero-order chi connectivity index (χ0) is 37.2. The van der Waals surface area contributed by atoms with Crippen LogP contribution in [0.25, 0.3) is 0 Å². The van der Waals surface area contributed by atoms with E-state index in [0.29, 0.717) is 73.8 Å². The van der Waals surface area contributed by atoms with Gasteiger partial charge in [-0.05, 0) is 94.2 Å². The summed E-state index contributed by atoms with van der Waals surface area (Å²) in [7, 11) is -3.42. The number of amides is 2. The van der Waals surface area contributed by atoms with Gasteiger partial charge in [0.05, 0.1) is 35.8 Å². The quantitative estimate of drug-likeness (QED) is 0.0836. The van der Waals surface area contributed by atoms with E-state index in [4.69, 9.17) is 9.47 Å². The fraction of sp³-hybridized carbons (Fsp3) is 0.526. The van der Waals surface area contributed by atoms with Crippen molar-refractivity contribution >= 4 is 37.3 Å². The predicted molar refractivity (Wildman–Crippen MR) is 199 cm³/mol. The lowest BCUT2D eigenvalue weighted by Crippen LogP contribution is -2.49. The summed E-state index contributed by atoms with van der Waals surface area (Å²) >= 11 is 0. The molecular formula is C38H51FN6O6Si. The van der Waals surface area contributed by atoms with Gasteiger partial charge in [-0.15, -0.1) is 11.7 Å². The van der Waals surface area contributed by atoms with Crippen LogP contribution in [0.4, 0.5) is 21.2 Å². The van der Waals surface area contributed by atoms with Crippen molar-refractivity contribution in [2.24, 2.45) is 5.92 Å². The third-order valence-corrected chi connectivity index (χ3v) is 13.1. The zero-order valence-corrected chi connectivity index (χ0v) is 31.6. The molecule has 6 rings (SSSR count). The number of hydrogen-bond donors (Lipinski definition) is 3. The van der Waals surface area contributed by atoms with E-state index in [1.807, 2.05) is 50.2 Å². The minimum atomic E-state index is -3.42. The molecule has 3 aliphatic rings. The molecule has 0 radical (unpaired) electrons. The molecule has 0 bridgehead atoms. The fourth-order valence-corrected chi connectivity index (χ4v) is 11.0. The first-order valence-electron chi connectivity index (χ1n) is 18.4. The van der Waals surface area contributed by atoms with E-state index in [2.05, 4.69) is 22.2 Å². The average molecular weight is 735 g/mol. The van der Waals surface area contributed by atoms with Gasteiger partial charge in [0.2, 0.25) is 14.3 Å². The maximum absolute atomic E-state index is 16.4. The number of aliphatic hydroxyl groups is 2. The number of unbranched alkanes of at least 4 members (excludes halogenated alkanes) is 1. The van der Waals surface area contributed by atoms with Gasteiger partial charge in [-0.25, -0.2) is 0 Å². The fourth-order valence-electron chi connectivity index (χ4n) is 8.41. The van der Waals surface area contributed by atoms with Gasteiger partial charge in [-0.2, -0.15) is 0 Å². The highest BCUT2D eigenvalue weighted by Gasteiger charge is 2.66. The van der Waals surface area contributed by atoms with Crippen LogP contribution in [-0.4, -0.2) is 90.5 Å². The van der Waals surface area contributed by atoms with Crippen LogP contribution in [0, 0.1) is 5.92 Å². The molecule has 3 N–H and O–H groups in total. The second-order valence-electron chi connectivity index (χ2n) is 14.5. The number of nitrogens with one attached hydrogen (secondary N) is 1. The predicted octanol–water partition coefficient (Wildman–Crippen LogP) is 4.56. The number of nitrogens with zero attached hydrogens (tertiary/aromatic N) is 5. The van der Waals surface area contributed by atoms with Gasteiger partial charge in [-0.1, -0.05) is 18.2 Å². The molecule has 5 atom stereocenters. The van der Waals surface area contributed by atoms with Crippen LogP contribution in [0.3, 0.4) is 0 Å². The van der Waals surface area contributed by atoms with E-state index in [1.54, 1.807) is 39.8 Å². The third kappa shape index (κ3) is 6.94. The lowest BCUT2D eigenvalue weighted by Gasteiger charge is -2.36. The summed E-state index contributed by atoms with van der Waals surface area (Å²) in [4.78, 5) is 32.4. The first-order chi connectivity index (χ1) is 25.0. The summed E-state index contributed by atoms with van der Waals surface area (Å²) < 4.78 is 30.9. The lowest BCUT2D eigenvalue weighted by molar-refractivity contribution is -0.145. The van der Waals surface area contributed by atoms with Crippen molar-refractivity contribution < 1.29 is 33.4 Å². The van der Waals surface area contributed by atoms with Crippen LogP contribution in [-0.2, 0) is 39.3 Å². The molecule has 0 aliphatic carbocycles. The molecule has 4 heterocycles. The second-order valence-corrected chi connectivity index (χ2v) is 18.2. The molecule has 280 valence electrons. The molecule has 1 saturated heterocycles. The van der Waals surface area contributed by atoms with E-state index < -0.39 is 37.6 Å². The molecule has 2 aromatic carbocycles. The van der Waals surface area contributed by atoms with Gasteiger partial charge in [0.25, 0.3) is 5.91 Å². The Hall–Kier alpha value is -3.95. The molecular weight excluding hydrogens is 684 g/mol. The maximum Gasteiger partial charge on any atom is 0.264 e.